The van der Waals surface area contributed by atoms with Crippen LogP contribution in [0.5, 0.6) is 0 Å². The molecule has 4 N–H and O–H groups in total. The van der Waals surface area contributed by atoms with Crippen LogP contribution in [0.4, 0.5) is 19.5 Å². The van der Waals surface area contributed by atoms with Gasteiger partial charge in [0.2, 0.25) is 11.8 Å². The van der Waals surface area contributed by atoms with Gasteiger partial charge in [-0.25, -0.2) is 13.6 Å². The van der Waals surface area contributed by atoms with E-state index in [4.69, 9.17) is 14.4 Å². The first-order chi connectivity index (χ1) is 17.5. The van der Waals surface area contributed by atoms with E-state index in [1.165, 1.54) is 12.1 Å². The summed E-state index contributed by atoms with van der Waals surface area (Å²) < 4.78 is 37.4. The number of aromatic nitrogens is 1. The molecule has 0 saturated carbocycles. The van der Waals surface area contributed by atoms with Crippen LogP contribution in [0.2, 0.25) is 0 Å². The summed E-state index contributed by atoms with van der Waals surface area (Å²) in [7, 11) is 0. The molecule has 0 unspecified atom stereocenters. The molecule has 0 saturated heterocycles. The number of anilines is 1. The molecule has 3 aromatic rings. The van der Waals surface area contributed by atoms with Crippen molar-refractivity contribution >= 4 is 17.9 Å². The number of halogens is 2. The van der Waals surface area contributed by atoms with Crippen molar-refractivity contribution in [1.29, 1.82) is 0 Å². The van der Waals surface area contributed by atoms with E-state index < -0.39 is 29.7 Å². The Hall–Kier alpha value is -3.83. The summed E-state index contributed by atoms with van der Waals surface area (Å²) in [5.74, 6) is -2.23. The fraction of sp³-hybridized carbons (Fsp3) is 0.320. The average molecular weight is 503 g/mol. The van der Waals surface area contributed by atoms with Crippen LogP contribution in [0, 0.1) is 11.6 Å². The van der Waals surface area contributed by atoms with Crippen molar-refractivity contribution in [3.05, 3.63) is 71.8 Å². The number of amides is 2. The topological polar surface area (TPSA) is 126 Å². The van der Waals surface area contributed by atoms with Crippen LogP contribution in [0.15, 0.2) is 59.1 Å². The molecule has 11 heteroatoms. The second-order valence-corrected chi connectivity index (χ2v) is 7.97. The molecular weight excluding hydrogens is 474 g/mol. The van der Waals surface area contributed by atoms with Gasteiger partial charge in [-0.2, -0.15) is 0 Å². The highest BCUT2D eigenvalue weighted by atomic mass is 19.2. The highest BCUT2D eigenvalue weighted by molar-refractivity contribution is 5.83. The Kier molecular flexibility index (Phi) is 10.3. The molecule has 2 amide bonds. The van der Waals surface area contributed by atoms with Gasteiger partial charge in [0.25, 0.3) is 0 Å². The second-order valence-electron chi connectivity index (χ2n) is 7.97. The predicted octanol–water partition coefficient (Wildman–Crippen LogP) is 3.61. The third-order valence-corrected chi connectivity index (χ3v) is 5.18. The Morgan fingerprint density at radius 3 is 2.67 bits per heavy atom. The van der Waals surface area contributed by atoms with E-state index in [0.717, 1.165) is 11.6 Å². The monoisotopic (exact) mass is 502 g/mol. The highest BCUT2D eigenvalue weighted by Crippen LogP contribution is 2.21. The molecule has 36 heavy (non-hydrogen) atoms. The molecule has 0 fully saturated rings. The summed E-state index contributed by atoms with van der Waals surface area (Å²) >= 11 is 0. The molecule has 0 aliphatic rings. The number of benzene rings is 2. The van der Waals surface area contributed by atoms with Crippen LogP contribution in [0.3, 0.4) is 0 Å². The fourth-order valence-electron chi connectivity index (χ4n) is 3.37. The molecule has 3 rings (SSSR count). The van der Waals surface area contributed by atoms with Gasteiger partial charge in [0, 0.05) is 30.3 Å². The summed E-state index contributed by atoms with van der Waals surface area (Å²) in [6.45, 7) is -0.314. The lowest BCUT2D eigenvalue weighted by molar-refractivity contribution is -0.121. The number of carbonyl (C=O) groups is 2. The molecule has 0 aliphatic carbocycles. The van der Waals surface area contributed by atoms with Gasteiger partial charge in [0.1, 0.15) is 12.3 Å². The second kappa shape index (κ2) is 13.9. The number of unbranched alkanes of at least 4 members (excludes halogenated alkanes) is 1. The van der Waals surface area contributed by atoms with E-state index in [0.29, 0.717) is 25.0 Å². The number of hydrogen-bond acceptors (Lipinski definition) is 7. The van der Waals surface area contributed by atoms with Crippen LogP contribution >= 0.6 is 0 Å². The molecule has 1 aromatic heterocycles. The first-order valence-corrected chi connectivity index (χ1v) is 11.5. The average Bonchev–Trinajstić information content (AvgIpc) is 3.34. The smallest absolute Gasteiger partial charge is 0.414 e. The lowest BCUT2D eigenvalue weighted by Gasteiger charge is -2.19. The lowest BCUT2D eigenvalue weighted by Crippen LogP contribution is -2.43. The van der Waals surface area contributed by atoms with Crippen molar-refractivity contribution in [2.75, 3.05) is 25.1 Å². The molecule has 192 valence electrons. The Morgan fingerprint density at radius 1 is 1.08 bits per heavy atom. The molecule has 0 aliphatic heterocycles. The highest BCUT2D eigenvalue weighted by Gasteiger charge is 2.17. The summed E-state index contributed by atoms with van der Waals surface area (Å²) in [6.07, 6.45) is 0.790. The minimum atomic E-state index is -0.964. The number of ether oxygens (including phenoxy) is 1. The maximum atomic E-state index is 13.7. The molecule has 0 radical (unpaired) electrons. The van der Waals surface area contributed by atoms with Crippen molar-refractivity contribution in [3.63, 3.8) is 0 Å². The zero-order chi connectivity index (χ0) is 25.8. The maximum absolute atomic E-state index is 13.7. The van der Waals surface area contributed by atoms with Crippen molar-refractivity contribution < 1.29 is 32.7 Å². The molecule has 0 spiro atoms. The SMILES string of the molecule is O=C(CNCc1cccc(F)c1F)N[C@@H](CCCCO)COC(=O)Nc1cc(-c2ccccc2)no1. The van der Waals surface area contributed by atoms with E-state index in [9.17, 15) is 18.4 Å². The van der Waals surface area contributed by atoms with Gasteiger partial charge < -0.3 is 25.0 Å². The van der Waals surface area contributed by atoms with Gasteiger partial charge in [0.15, 0.2) is 11.6 Å². The number of aliphatic hydroxyl groups excluding tert-OH is 1. The Labute approximate surface area is 206 Å². The number of hydrogen-bond donors (Lipinski definition) is 4. The Balaban J connectivity index is 1.46. The standard InChI is InChI=1S/C25H28F2N4O5/c26-20-11-6-9-18(24(20)27)14-28-15-22(33)29-19(10-4-5-12-32)16-35-25(34)30-23-13-21(31-36-23)17-7-2-1-3-8-17/h1-3,6-9,11,13,19,28,32H,4-5,10,12,14-16H2,(H,29,33)(H,30,34)/t19-/m0/s1. The van der Waals surface area contributed by atoms with Crippen molar-refractivity contribution in [2.24, 2.45) is 0 Å². The summed E-state index contributed by atoms with van der Waals surface area (Å²) in [5.41, 5.74) is 1.47. The molecule has 2 aromatic carbocycles. The first-order valence-electron chi connectivity index (χ1n) is 11.5. The van der Waals surface area contributed by atoms with E-state index >= 15 is 0 Å². The third kappa shape index (κ3) is 8.43. The molecule has 9 nitrogen and oxygen atoms in total. The molecule has 1 heterocycles. The Morgan fingerprint density at radius 2 is 1.89 bits per heavy atom. The van der Waals surface area contributed by atoms with Gasteiger partial charge in [0.05, 0.1) is 12.6 Å². The van der Waals surface area contributed by atoms with Crippen LogP contribution in [0.1, 0.15) is 24.8 Å². The summed E-state index contributed by atoms with van der Waals surface area (Å²) in [5, 5.41) is 20.9. The number of aliphatic hydroxyl groups is 1. The van der Waals surface area contributed by atoms with Crippen molar-refractivity contribution in [1.82, 2.24) is 15.8 Å². The minimum absolute atomic E-state index is 0.00198. The Bertz CT molecular complexity index is 1130. The zero-order valence-electron chi connectivity index (χ0n) is 19.5. The number of nitrogens with one attached hydrogen (secondary N) is 3. The van der Waals surface area contributed by atoms with Crippen LogP contribution < -0.4 is 16.0 Å². The van der Waals surface area contributed by atoms with E-state index in [1.54, 1.807) is 6.07 Å². The normalized spacial score (nSPS) is 11.6. The van der Waals surface area contributed by atoms with Crippen LogP contribution in [0.25, 0.3) is 11.3 Å². The van der Waals surface area contributed by atoms with Gasteiger partial charge in [-0.3, -0.25) is 10.1 Å². The predicted molar refractivity (Wildman–Crippen MR) is 128 cm³/mol. The summed E-state index contributed by atoms with van der Waals surface area (Å²) in [6, 6.07) is 14.1. The maximum Gasteiger partial charge on any atom is 0.414 e. The fourth-order valence-corrected chi connectivity index (χ4v) is 3.37. The summed E-state index contributed by atoms with van der Waals surface area (Å²) in [4.78, 5) is 24.5. The lowest BCUT2D eigenvalue weighted by atomic mass is 10.1. The van der Waals surface area contributed by atoms with Crippen LogP contribution in [-0.2, 0) is 16.1 Å². The van der Waals surface area contributed by atoms with Gasteiger partial charge in [-0.1, -0.05) is 47.6 Å². The quantitative estimate of drug-likeness (QED) is 0.263. The van der Waals surface area contributed by atoms with Crippen molar-refractivity contribution in [3.8, 4) is 11.3 Å². The molecule has 1 atom stereocenters. The first kappa shape index (κ1) is 26.8. The number of rotatable bonds is 13. The van der Waals surface area contributed by atoms with E-state index in [2.05, 4.69) is 21.1 Å². The van der Waals surface area contributed by atoms with Crippen molar-refractivity contribution in [2.45, 2.75) is 31.8 Å². The minimum Gasteiger partial charge on any atom is -0.447 e. The molecular formula is C25H28F2N4O5. The van der Waals surface area contributed by atoms with E-state index in [-0.39, 0.29) is 37.8 Å². The largest absolute Gasteiger partial charge is 0.447 e. The van der Waals surface area contributed by atoms with E-state index in [1.807, 2.05) is 30.3 Å². The number of nitrogens with zero attached hydrogens (tertiary/aromatic N) is 1. The van der Waals surface area contributed by atoms with Gasteiger partial charge in [-0.15, -0.1) is 0 Å². The zero-order valence-corrected chi connectivity index (χ0v) is 19.5. The van der Waals surface area contributed by atoms with Gasteiger partial charge in [-0.05, 0) is 25.3 Å². The number of carbonyl (C=O) groups excluding carboxylic acids is 2. The molecule has 0 bridgehead atoms. The van der Waals surface area contributed by atoms with Crippen LogP contribution in [-0.4, -0.2) is 48.1 Å². The third-order valence-electron chi connectivity index (χ3n) is 5.18. The van der Waals surface area contributed by atoms with Gasteiger partial charge >= 0.3 is 6.09 Å².